The van der Waals surface area contributed by atoms with E-state index in [2.05, 4.69) is 19.1 Å². The van der Waals surface area contributed by atoms with Gasteiger partial charge in [-0.05, 0) is 55.3 Å². The highest BCUT2D eigenvalue weighted by molar-refractivity contribution is 5.77. The van der Waals surface area contributed by atoms with E-state index in [-0.39, 0.29) is 54.6 Å². The number of aliphatic hydroxyl groups is 1. The van der Waals surface area contributed by atoms with E-state index in [0.29, 0.717) is 18.8 Å². The fourth-order valence-electron chi connectivity index (χ4n) is 6.22. The van der Waals surface area contributed by atoms with E-state index in [0.717, 1.165) is 19.3 Å². The second-order valence-corrected chi connectivity index (χ2v) is 9.06. The van der Waals surface area contributed by atoms with Gasteiger partial charge in [0.05, 0.1) is 38.3 Å². The highest BCUT2D eigenvalue weighted by Crippen LogP contribution is 2.60. The minimum absolute atomic E-state index is 0.00607. The van der Waals surface area contributed by atoms with Gasteiger partial charge in [0, 0.05) is 7.11 Å². The lowest BCUT2D eigenvalue weighted by atomic mass is 9.47. The molecule has 2 saturated carbocycles. The van der Waals surface area contributed by atoms with Crippen LogP contribution in [-0.2, 0) is 28.5 Å². The lowest BCUT2D eigenvalue weighted by Gasteiger charge is -2.57. The van der Waals surface area contributed by atoms with Crippen molar-refractivity contribution in [1.82, 2.24) is 0 Å². The number of esters is 2. The molecule has 0 aromatic carbocycles. The molecule has 7 nitrogen and oxygen atoms in total. The summed E-state index contributed by atoms with van der Waals surface area (Å²) in [7, 11) is 4.37. The largest absolute Gasteiger partial charge is 0.469 e. The Morgan fingerprint density at radius 2 is 1.86 bits per heavy atom. The molecule has 2 fully saturated rings. The third-order valence-corrected chi connectivity index (χ3v) is 7.80. The Balaban J connectivity index is 1.90. The monoisotopic (exact) mass is 410 g/mol. The summed E-state index contributed by atoms with van der Waals surface area (Å²) in [5.41, 5.74) is -0.924. The quantitative estimate of drug-likeness (QED) is 0.408. The standard InChI is InChI=1S/C22H34O7/c1-21-9-8-17(29-13-26-2)18(19(24)27-3)16(21)6-5-14-11-22(12-23,20(25)28-4)10-7-15(14)21/h5-6,14-18,23H,7-13H2,1-4H3/t14-,15-,16+,17+,18+,21-,22+/m1/s1. The second-order valence-electron chi connectivity index (χ2n) is 9.06. The molecule has 1 N–H and O–H groups in total. The Morgan fingerprint density at radius 3 is 2.48 bits per heavy atom. The Kier molecular flexibility index (Phi) is 6.70. The molecule has 0 aromatic rings. The number of allylic oxidation sites excluding steroid dienone is 2. The fraction of sp³-hybridized carbons (Fsp3) is 0.818. The molecule has 0 aliphatic heterocycles. The third kappa shape index (κ3) is 3.73. The normalized spacial score (nSPS) is 41.2. The van der Waals surface area contributed by atoms with Gasteiger partial charge in [-0.1, -0.05) is 19.1 Å². The van der Waals surface area contributed by atoms with Crippen molar-refractivity contribution in [3.8, 4) is 0 Å². The maximum absolute atomic E-state index is 12.7. The summed E-state index contributed by atoms with van der Waals surface area (Å²) < 4.78 is 21.0. The highest BCUT2D eigenvalue weighted by Gasteiger charge is 2.58. The van der Waals surface area contributed by atoms with Crippen LogP contribution in [0.5, 0.6) is 0 Å². The Bertz CT molecular complexity index is 647. The topological polar surface area (TPSA) is 91.3 Å². The first-order chi connectivity index (χ1) is 13.9. The molecule has 0 aromatic heterocycles. The van der Waals surface area contributed by atoms with Gasteiger partial charge in [-0.25, -0.2) is 0 Å². The molecule has 3 rings (SSSR count). The molecular weight excluding hydrogens is 376 g/mol. The fourth-order valence-corrected chi connectivity index (χ4v) is 6.22. The average molecular weight is 411 g/mol. The molecule has 3 aliphatic rings. The van der Waals surface area contributed by atoms with Gasteiger partial charge in [0.1, 0.15) is 6.79 Å². The number of carbonyl (C=O) groups is 2. The first kappa shape index (κ1) is 22.2. The lowest BCUT2D eigenvalue weighted by molar-refractivity contribution is -0.180. The minimum Gasteiger partial charge on any atom is -0.469 e. The van der Waals surface area contributed by atoms with E-state index in [1.807, 2.05) is 0 Å². The predicted molar refractivity (Wildman–Crippen MR) is 105 cm³/mol. The smallest absolute Gasteiger partial charge is 0.314 e. The van der Waals surface area contributed by atoms with Gasteiger partial charge in [0.25, 0.3) is 0 Å². The molecule has 0 radical (unpaired) electrons. The van der Waals surface area contributed by atoms with Crippen LogP contribution in [0.3, 0.4) is 0 Å². The zero-order valence-corrected chi connectivity index (χ0v) is 17.9. The Morgan fingerprint density at radius 1 is 1.10 bits per heavy atom. The molecule has 7 heteroatoms. The van der Waals surface area contributed by atoms with Crippen LogP contribution in [0, 0.1) is 34.5 Å². The molecule has 0 spiro atoms. The van der Waals surface area contributed by atoms with Crippen LogP contribution >= 0.6 is 0 Å². The number of carbonyl (C=O) groups excluding carboxylic acids is 2. The van der Waals surface area contributed by atoms with Crippen molar-refractivity contribution in [1.29, 1.82) is 0 Å². The van der Waals surface area contributed by atoms with E-state index in [1.54, 1.807) is 7.11 Å². The maximum atomic E-state index is 12.7. The zero-order chi connectivity index (χ0) is 21.2. The molecule has 29 heavy (non-hydrogen) atoms. The van der Waals surface area contributed by atoms with Crippen molar-refractivity contribution in [3.63, 3.8) is 0 Å². The number of fused-ring (bicyclic) bond motifs is 3. The lowest BCUT2D eigenvalue weighted by Crippen LogP contribution is -2.56. The molecule has 0 heterocycles. The van der Waals surface area contributed by atoms with E-state index in [4.69, 9.17) is 18.9 Å². The summed E-state index contributed by atoms with van der Waals surface area (Å²) in [6.07, 6.45) is 7.69. The van der Waals surface area contributed by atoms with Gasteiger partial charge >= 0.3 is 11.9 Å². The third-order valence-electron chi connectivity index (χ3n) is 7.80. The van der Waals surface area contributed by atoms with Crippen molar-refractivity contribution in [2.45, 2.75) is 45.1 Å². The van der Waals surface area contributed by atoms with E-state index in [9.17, 15) is 14.7 Å². The number of ether oxygens (including phenoxy) is 4. The van der Waals surface area contributed by atoms with Gasteiger partial charge in [-0.2, -0.15) is 0 Å². The van der Waals surface area contributed by atoms with Crippen molar-refractivity contribution in [3.05, 3.63) is 12.2 Å². The van der Waals surface area contributed by atoms with Crippen molar-refractivity contribution < 1.29 is 33.6 Å². The summed E-state index contributed by atoms with van der Waals surface area (Å²) in [4.78, 5) is 25.1. The summed E-state index contributed by atoms with van der Waals surface area (Å²) in [6.45, 7) is 2.20. The average Bonchev–Trinajstić information content (AvgIpc) is 2.75. The number of aliphatic hydroxyl groups excluding tert-OH is 1. The zero-order valence-electron chi connectivity index (χ0n) is 17.9. The minimum atomic E-state index is -0.829. The van der Waals surface area contributed by atoms with Crippen LogP contribution in [0.1, 0.15) is 39.0 Å². The molecule has 3 aliphatic carbocycles. The van der Waals surface area contributed by atoms with Gasteiger partial charge < -0.3 is 24.1 Å². The van der Waals surface area contributed by atoms with Crippen LogP contribution in [0.4, 0.5) is 0 Å². The van der Waals surface area contributed by atoms with Gasteiger partial charge in [0.2, 0.25) is 0 Å². The van der Waals surface area contributed by atoms with Crippen LogP contribution < -0.4 is 0 Å². The molecule has 0 amide bonds. The molecular formula is C22H34O7. The van der Waals surface area contributed by atoms with Gasteiger partial charge in [-0.3, -0.25) is 9.59 Å². The van der Waals surface area contributed by atoms with Crippen LogP contribution in [0.25, 0.3) is 0 Å². The Labute approximate surface area is 172 Å². The highest BCUT2D eigenvalue weighted by atomic mass is 16.7. The summed E-state index contributed by atoms with van der Waals surface area (Å²) >= 11 is 0. The molecule has 7 atom stereocenters. The first-order valence-corrected chi connectivity index (χ1v) is 10.4. The van der Waals surface area contributed by atoms with Crippen molar-refractivity contribution >= 4 is 11.9 Å². The van der Waals surface area contributed by atoms with Crippen LogP contribution in [0.15, 0.2) is 12.2 Å². The number of methoxy groups -OCH3 is 3. The van der Waals surface area contributed by atoms with Gasteiger partial charge in [0.15, 0.2) is 0 Å². The summed E-state index contributed by atoms with van der Waals surface area (Å²) in [5, 5.41) is 9.98. The Hall–Kier alpha value is -1.44. The number of rotatable bonds is 6. The summed E-state index contributed by atoms with van der Waals surface area (Å²) in [5.74, 6) is -0.449. The molecule has 0 saturated heterocycles. The van der Waals surface area contributed by atoms with E-state index >= 15 is 0 Å². The molecule has 0 bridgehead atoms. The van der Waals surface area contributed by atoms with Crippen molar-refractivity contribution in [2.75, 3.05) is 34.7 Å². The van der Waals surface area contributed by atoms with Gasteiger partial charge in [-0.15, -0.1) is 0 Å². The maximum Gasteiger partial charge on any atom is 0.314 e. The van der Waals surface area contributed by atoms with Crippen molar-refractivity contribution in [2.24, 2.45) is 34.5 Å². The molecule has 164 valence electrons. The molecule has 0 unspecified atom stereocenters. The first-order valence-electron chi connectivity index (χ1n) is 10.4. The van der Waals surface area contributed by atoms with Crippen LogP contribution in [0.2, 0.25) is 0 Å². The SMILES string of the molecule is COCO[C@H]1CC[C@]2(C)[C@@H]3CC[C@](CO)(C(=O)OC)C[C@H]3C=C[C@H]2[C@@H]1C(=O)OC. The van der Waals surface area contributed by atoms with E-state index < -0.39 is 5.41 Å². The van der Waals surface area contributed by atoms with Crippen LogP contribution in [-0.4, -0.2) is 57.9 Å². The summed E-state index contributed by atoms with van der Waals surface area (Å²) in [6, 6.07) is 0. The predicted octanol–water partition coefficient (Wildman–Crippen LogP) is 2.32. The van der Waals surface area contributed by atoms with E-state index in [1.165, 1.54) is 14.2 Å². The second kappa shape index (κ2) is 8.74. The number of hydrogen-bond donors (Lipinski definition) is 1. The number of hydrogen-bond acceptors (Lipinski definition) is 7.